The Morgan fingerprint density at radius 3 is 2.57 bits per heavy atom. The van der Waals surface area contributed by atoms with Crippen LogP contribution < -0.4 is 9.80 Å². The summed E-state index contributed by atoms with van der Waals surface area (Å²) in [4.78, 5) is 19.1. The normalized spacial score (nSPS) is 15.3. The third-order valence-corrected chi connectivity index (χ3v) is 3.63. The van der Waals surface area contributed by atoms with E-state index in [0.717, 1.165) is 26.2 Å². The average Bonchev–Trinajstić information content (AvgIpc) is 2.97. The molecule has 6 nitrogen and oxygen atoms in total. The molecule has 1 aliphatic rings. The van der Waals surface area contributed by atoms with Gasteiger partial charge in [-0.3, -0.25) is 0 Å². The van der Waals surface area contributed by atoms with Crippen LogP contribution in [0.15, 0.2) is 34.9 Å². The number of aromatic carboxylic acids is 1. The van der Waals surface area contributed by atoms with Crippen LogP contribution in [-0.2, 0) is 0 Å². The van der Waals surface area contributed by atoms with Gasteiger partial charge < -0.3 is 19.3 Å². The molecule has 0 bridgehead atoms. The third-order valence-electron chi connectivity index (χ3n) is 3.63. The van der Waals surface area contributed by atoms with Crippen LogP contribution in [0.2, 0.25) is 0 Å². The first kappa shape index (κ1) is 13.5. The first-order valence-electron chi connectivity index (χ1n) is 6.89. The summed E-state index contributed by atoms with van der Waals surface area (Å²) in [5.41, 5.74) is 2.41. The fraction of sp³-hybridized carbons (Fsp3) is 0.333. The molecule has 0 atom stereocenters. The van der Waals surface area contributed by atoms with Crippen LogP contribution in [0.5, 0.6) is 0 Å². The number of hydrogen-bond acceptors (Lipinski definition) is 5. The van der Waals surface area contributed by atoms with Crippen molar-refractivity contribution in [1.29, 1.82) is 0 Å². The predicted molar refractivity (Wildman–Crippen MR) is 79.1 cm³/mol. The molecule has 0 aliphatic carbocycles. The molecule has 1 saturated heterocycles. The maximum Gasteiger partial charge on any atom is 0.357 e. The standard InChI is InChI=1S/C15H17N3O3/c1-11-3-2-4-12(9-11)17-5-7-18(8-6-17)15-16-13(10-21-15)14(19)20/h2-4,9-10H,5-8H2,1H3,(H,19,20). The molecule has 110 valence electrons. The van der Waals surface area contributed by atoms with E-state index in [4.69, 9.17) is 9.52 Å². The lowest BCUT2D eigenvalue weighted by Gasteiger charge is -2.35. The van der Waals surface area contributed by atoms with E-state index in [9.17, 15) is 4.79 Å². The first-order chi connectivity index (χ1) is 10.1. The highest BCUT2D eigenvalue weighted by molar-refractivity contribution is 5.85. The fourth-order valence-corrected chi connectivity index (χ4v) is 2.49. The van der Waals surface area contributed by atoms with Gasteiger partial charge in [-0.1, -0.05) is 12.1 Å². The van der Waals surface area contributed by atoms with Gasteiger partial charge in [0, 0.05) is 31.9 Å². The number of aromatic nitrogens is 1. The second kappa shape index (κ2) is 5.47. The van der Waals surface area contributed by atoms with E-state index >= 15 is 0 Å². The number of anilines is 2. The van der Waals surface area contributed by atoms with E-state index in [1.54, 1.807) is 0 Å². The molecule has 1 aromatic heterocycles. The van der Waals surface area contributed by atoms with Crippen molar-refractivity contribution in [2.45, 2.75) is 6.92 Å². The van der Waals surface area contributed by atoms with Gasteiger partial charge in [0.1, 0.15) is 6.26 Å². The Hall–Kier alpha value is -2.50. The largest absolute Gasteiger partial charge is 0.476 e. The van der Waals surface area contributed by atoms with Crippen molar-refractivity contribution in [1.82, 2.24) is 4.98 Å². The Morgan fingerprint density at radius 1 is 1.24 bits per heavy atom. The lowest BCUT2D eigenvalue weighted by atomic mass is 10.2. The lowest BCUT2D eigenvalue weighted by molar-refractivity contribution is 0.0690. The maximum atomic E-state index is 10.8. The molecule has 1 aromatic carbocycles. The Labute approximate surface area is 122 Å². The Balaban J connectivity index is 1.66. The summed E-state index contributed by atoms with van der Waals surface area (Å²) in [6.07, 6.45) is 1.19. The number of carboxylic acids is 1. The number of piperazine rings is 1. The van der Waals surface area contributed by atoms with E-state index < -0.39 is 5.97 Å². The van der Waals surface area contributed by atoms with E-state index in [-0.39, 0.29) is 5.69 Å². The van der Waals surface area contributed by atoms with Crippen molar-refractivity contribution < 1.29 is 14.3 Å². The minimum atomic E-state index is -1.07. The summed E-state index contributed by atoms with van der Waals surface area (Å²) in [7, 11) is 0. The zero-order valence-corrected chi connectivity index (χ0v) is 11.8. The number of rotatable bonds is 3. The van der Waals surface area contributed by atoms with Crippen LogP contribution in [0.1, 0.15) is 16.1 Å². The number of aryl methyl sites for hydroxylation is 1. The van der Waals surface area contributed by atoms with Gasteiger partial charge in [0.25, 0.3) is 6.01 Å². The average molecular weight is 287 g/mol. The molecule has 6 heteroatoms. The number of carboxylic acid groups (broad SMARTS) is 1. The molecule has 2 aromatic rings. The van der Waals surface area contributed by atoms with Gasteiger partial charge in [0.15, 0.2) is 5.69 Å². The molecule has 0 saturated carbocycles. The van der Waals surface area contributed by atoms with E-state index in [0.29, 0.717) is 6.01 Å². The smallest absolute Gasteiger partial charge is 0.357 e. The second-order valence-electron chi connectivity index (χ2n) is 5.13. The van der Waals surface area contributed by atoms with E-state index in [1.807, 2.05) is 4.90 Å². The van der Waals surface area contributed by atoms with Gasteiger partial charge in [-0.15, -0.1) is 0 Å². The zero-order chi connectivity index (χ0) is 14.8. The van der Waals surface area contributed by atoms with Crippen LogP contribution in [0.4, 0.5) is 11.7 Å². The quantitative estimate of drug-likeness (QED) is 0.931. The van der Waals surface area contributed by atoms with Crippen LogP contribution in [0.3, 0.4) is 0 Å². The number of oxazole rings is 1. The Morgan fingerprint density at radius 2 is 1.95 bits per heavy atom. The highest BCUT2D eigenvalue weighted by Crippen LogP contribution is 2.21. The van der Waals surface area contributed by atoms with Crippen LogP contribution >= 0.6 is 0 Å². The van der Waals surface area contributed by atoms with Crippen LogP contribution in [0.25, 0.3) is 0 Å². The van der Waals surface area contributed by atoms with Gasteiger partial charge in [-0.2, -0.15) is 4.98 Å². The van der Waals surface area contributed by atoms with Crippen molar-refractivity contribution in [3.63, 3.8) is 0 Å². The number of benzene rings is 1. The molecule has 1 fully saturated rings. The van der Waals surface area contributed by atoms with Crippen LogP contribution in [0, 0.1) is 6.92 Å². The predicted octanol–water partition coefficient (Wildman–Crippen LogP) is 2.01. The highest BCUT2D eigenvalue weighted by atomic mass is 16.4. The molecule has 3 rings (SSSR count). The Bertz CT molecular complexity index is 645. The van der Waals surface area contributed by atoms with E-state index in [2.05, 4.69) is 41.1 Å². The monoisotopic (exact) mass is 287 g/mol. The molecule has 1 aliphatic heterocycles. The Kier molecular flexibility index (Phi) is 3.51. The molecule has 0 amide bonds. The van der Waals surface area contributed by atoms with Crippen molar-refractivity contribution >= 4 is 17.7 Å². The number of hydrogen-bond donors (Lipinski definition) is 1. The van der Waals surface area contributed by atoms with Gasteiger partial charge in [-0.25, -0.2) is 4.79 Å². The highest BCUT2D eigenvalue weighted by Gasteiger charge is 2.22. The minimum absolute atomic E-state index is 0.0499. The molecule has 0 spiro atoms. The van der Waals surface area contributed by atoms with Gasteiger partial charge >= 0.3 is 5.97 Å². The molecule has 0 radical (unpaired) electrons. The molecule has 2 heterocycles. The summed E-state index contributed by atoms with van der Waals surface area (Å²) >= 11 is 0. The topological polar surface area (TPSA) is 69.8 Å². The lowest BCUT2D eigenvalue weighted by Crippen LogP contribution is -2.46. The van der Waals surface area contributed by atoms with Crippen molar-refractivity contribution in [2.75, 3.05) is 36.0 Å². The third kappa shape index (κ3) is 2.84. The fourth-order valence-electron chi connectivity index (χ4n) is 2.49. The summed E-state index contributed by atoms with van der Waals surface area (Å²) in [5, 5.41) is 8.86. The molecule has 1 N–H and O–H groups in total. The molecule has 0 unspecified atom stereocenters. The van der Waals surface area contributed by atoms with Crippen molar-refractivity contribution in [3.05, 3.63) is 41.8 Å². The number of nitrogens with zero attached hydrogens (tertiary/aromatic N) is 3. The van der Waals surface area contributed by atoms with E-state index in [1.165, 1.54) is 17.5 Å². The van der Waals surface area contributed by atoms with Gasteiger partial charge in [0.05, 0.1) is 0 Å². The van der Waals surface area contributed by atoms with Crippen molar-refractivity contribution in [2.24, 2.45) is 0 Å². The summed E-state index contributed by atoms with van der Waals surface area (Å²) < 4.78 is 5.24. The first-order valence-corrected chi connectivity index (χ1v) is 6.89. The molecular formula is C15H17N3O3. The molecular weight excluding hydrogens is 270 g/mol. The number of carbonyl (C=O) groups is 1. The van der Waals surface area contributed by atoms with Gasteiger partial charge in [-0.05, 0) is 24.6 Å². The van der Waals surface area contributed by atoms with Crippen molar-refractivity contribution in [3.8, 4) is 0 Å². The summed E-state index contributed by atoms with van der Waals surface area (Å²) in [6.45, 7) is 5.31. The SMILES string of the molecule is Cc1cccc(N2CCN(c3nc(C(=O)O)co3)CC2)c1. The zero-order valence-electron chi connectivity index (χ0n) is 11.8. The minimum Gasteiger partial charge on any atom is -0.476 e. The van der Waals surface area contributed by atoms with Gasteiger partial charge in [0.2, 0.25) is 0 Å². The summed E-state index contributed by atoms with van der Waals surface area (Å²) in [6, 6.07) is 8.81. The summed E-state index contributed by atoms with van der Waals surface area (Å²) in [5.74, 6) is -1.07. The van der Waals surface area contributed by atoms with Crippen LogP contribution in [-0.4, -0.2) is 42.2 Å². The maximum absolute atomic E-state index is 10.8. The second-order valence-corrected chi connectivity index (χ2v) is 5.13. The molecule has 21 heavy (non-hydrogen) atoms.